The maximum Gasteiger partial charge on any atom is 0.259 e. The van der Waals surface area contributed by atoms with Crippen LogP contribution in [0.4, 0.5) is 0 Å². The number of ether oxygens (including phenoxy) is 2. The molecule has 2 aliphatic heterocycles. The van der Waals surface area contributed by atoms with Gasteiger partial charge in [0.2, 0.25) is 27.7 Å². The van der Waals surface area contributed by atoms with E-state index in [1.54, 1.807) is 18.0 Å². The molecule has 3 fully saturated rings. The first-order chi connectivity index (χ1) is 22.9. The monoisotopic (exact) mass is 680 g/mol. The zero-order chi connectivity index (χ0) is 34.3. The van der Waals surface area contributed by atoms with Gasteiger partial charge in [0.1, 0.15) is 23.4 Å². The number of rotatable bonds is 8. The number of fused-ring (bicyclic) bond motifs is 3. The number of hydrogen-bond donors (Lipinski definition) is 2. The van der Waals surface area contributed by atoms with Crippen LogP contribution in [0, 0.1) is 17.8 Å². The number of nitrogens with one attached hydrogen (secondary N) is 2. The molecule has 260 valence electrons. The number of carbonyl (C=O) groups excluding carboxylic acids is 3. The van der Waals surface area contributed by atoms with E-state index in [0.717, 1.165) is 30.0 Å². The lowest BCUT2D eigenvalue weighted by atomic mass is 9.91. The van der Waals surface area contributed by atoms with Gasteiger partial charge in [-0.3, -0.25) is 19.1 Å². The second-order valence-corrected chi connectivity index (χ2v) is 16.4. The molecule has 2 saturated carbocycles. The van der Waals surface area contributed by atoms with Gasteiger partial charge in [0.05, 0.1) is 24.1 Å². The Morgan fingerprint density at radius 3 is 2.56 bits per heavy atom. The summed E-state index contributed by atoms with van der Waals surface area (Å²) in [4.78, 5) is 47.9. The van der Waals surface area contributed by atoms with E-state index in [1.165, 1.54) is 0 Å². The number of hydrogen-bond acceptors (Lipinski definition) is 8. The lowest BCUT2D eigenvalue weighted by molar-refractivity contribution is -0.140. The first kappa shape index (κ1) is 34.2. The smallest absolute Gasteiger partial charge is 0.259 e. The molecule has 4 aliphatic rings. The molecular formula is C36H48N4O7S. The van der Waals surface area contributed by atoms with E-state index in [-0.39, 0.29) is 43.6 Å². The fraction of sp³-hybridized carbons (Fsp3) is 0.611. The number of allylic oxidation sites excluding steroid dienone is 1. The summed E-state index contributed by atoms with van der Waals surface area (Å²) in [5.74, 6) is -0.188. The van der Waals surface area contributed by atoms with E-state index < -0.39 is 44.3 Å². The fourth-order valence-corrected chi connectivity index (χ4v) is 9.24. The average Bonchev–Trinajstić information content (AvgIpc) is 3.95. The van der Waals surface area contributed by atoms with Crippen molar-refractivity contribution in [3.8, 4) is 11.6 Å². The Labute approximate surface area is 283 Å². The molecule has 1 saturated heterocycles. The first-order valence-electron chi connectivity index (χ1n) is 17.4. The van der Waals surface area contributed by atoms with Crippen LogP contribution in [0.2, 0.25) is 0 Å². The van der Waals surface area contributed by atoms with Crippen LogP contribution in [0.25, 0.3) is 10.8 Å². The highest BCUT2D eigenvalue weighted by atomic mass is 32.2. The lowest BCUT2D eigenvalue weighted by Gasteiger charge is -2.28. The molecule has 1 aromatic carbocycles. The minimum absolute atomic E-state index is 0.117. The maximum atomic E-state index is 14.2. The lowest BCUT2D eigenvalue weighted by Crippen LogP contribution is -2.57. The molecule has 3 heterocycles. The summed E-state index contributed by atoms with van der Waals surface area (Å²) >= 11 is 0. The van der Waals surface area contributed by atoms with Crippen LogP contribution < -0.4 is 19.5 Å². The van der Waals surface area contributed by atoms with Gasteiger partial charge >= 0.3 is 0 Å². The summed E-state index contributed by atoms with van der Waals surface area (Å²) in [5.41, 5.74) is -1.41. The molecular weight excluding hydrogens is 632 g/mol. The Morgan fingerprint density at radius 1 is 1.10 bits per heavy atom. The number of aromatic nitrogens is 1. The molecule has 48 heavy (non-hydrogen) atoms. The van der Waals surface area contributed by atoms with Crippen LogP contribution in [0.1, 0.15) is 85.5 Å². The van der Waals surface area contributed by atoms with Gasteiger partial charge in [-0.15, -0.1) is 0 Å². The number of sulfonamides is 1. The van der Waals surface area contributed by atoms with Crippen LogP contribution in [0.5, 0.6) is 11.6 Å². The Balaban J connectivity index is 1.28. The summed E-state index contributed by atoms with van der Waals surface area (Å²) in [6.45, 7) is 8.62. The van der Waals surface area contributed by atoms with Gasteiger partial charge in [-0.1, -0.05) is 51.1 Å². The van der Waals surface area contributed by atoms with Crippen molar-refractivity contribution in [2.45, 2.75) is 108 Å². The first-order valence-corrected chi connectivity index (χ1v) is 18.9. The summed E-state index contributed by atoms with van der Waals surface area (Å²) in [5, 5.41) is 4.56. The van der Waals surface area contributed by atoms with Crippen LogP contribution in [-0.2, 0) is 24.4 Å². The molecule has 3 amide bonds. The van der Waals surface area contributed by atoms with E-state index in [0.29, 0.717) is 43.4 Å². The summed E-state index contributed by atoms with van der Waals surface area (Å²) in [6, 6.07) is 6.74. The fourth-order valence-electron chi connectivity index (χ4n) is 7.57. The van der Waals surface area contributed by atoms with E-state index in [4.69, 9.17) is 9.47 Å². The van der Waals surface area contributed by atoms with Crippen molar-refractivity contribution in [2.24, 2.45) is 17.8 Å². The molecule has 0 unspecified atom stereocenters. The minimum atomic E-state index is -3.93. The third kappa shape index (κ3) is 6.64. The zero-order valence-corrected chi connectivity index (χ0v) is 29.2. The predicted octanol–water partition coefficient (Wildman–Crippen LogP) is 4.65. The van der Waals surface area contributed by atoms with Gasteiger partial charge < -0.3 is 19.7 Å². The summed E-state index contributed by atoms with van der Waals surface area (Å²) < 4.78 is 40.1. The zero-order valence-electron chi connectivity index (χ0n) is 28.4. The Kier molecular flexibility index (Phi) is 9.50. The highest BCUT2D eigenvalue weighted by Gasteiger charge is 2.63. The van der Waals surface area contributed by atoms with Crippen LogP contribution in [-0.4, -0.2) is 71.6 Å². The van der Waals surface area contributed by atoms with Gasteiger partial charge in [0.25, 0.3) is 5.91 Å². The van der Waals surface area contributed by atoms with Crippen molar-refractivity contribution in [1.29, 1.82) is 0 Å². The minimum Gasteiger partial charge on any atom is -0.492 e. The van der Waals surface area contributed by atoms with E-state index in [1.807, 2.05) is 43.3 Å². The van der Waals surface area contributed by atoms with Crippen molar-refractivity contribution in [3.63, 3.8) is 0 Å². The molecule has 0 radical (unpaired) electrons. The van der Waals surface area contributed by atoms with Crippen molar-refractivity contribution in [1.82, 2.24) is 19.9 Å². The molecule has 11 nitrogen and oxygen atoms in total. The summed E-state index contributed by atoms with van der Waals surface area (Å²) in [6.07, 6.45) is 9.82. The number of carbonyl (C=O) groups is 3. The van der Waals surface area contributed by atoms with Gasteiger partial charge in [-0.05, 0) is 69.8 Å². The molecule has 1 aromatic heterocycles. The van der Waals surface area contributed by atoms with E-state index in [9.17, 15) is 22.8 Å². The quantitative estimate of drug-likeness (QED) is 0.384. The second kappa shape index (κ2) is 13.3. The van der Waals surface area contributed by atoms with Crippen molar-refractivity contribution in [3.05, 3.63) is 42.6 Å². The predicted molar refractivity (Wildman–Crippen MR) is 182 cm³/mol. The Bertz CT molecular complexity index is 1710. The molecule has 2 N–H and O–H groups in total. The number of amides is 3. The third-order valence-electron chi connectivity index (χ3n) is 10.7. The summed E-state index contributed by atoms with van der Waals surface area (Å²) in [7, 11) is -3.93. The average molecular weight is 681 g/mol. The van der Waals surface area contributed by atoms with Gasteiger partial charge in [-0.25, -0.2) is 13.4 Å². The molecule has 12 heteroatoms. The second-order valence-electron chi connectivity index (χ2n) is 14.3. The largest absolute Gasteiger partial charge is 0.492 e. The molecule has 2 aromatic rings. The molecule has 2 aliphatic carbocycles. The van der Waals surface area contributed by atoms with Gasteiger partial charge in [0, 0.05) is 29.5 Å². The standard InChI is InChI=1S/C36H48N4O7S/c1-5-35(15-16-35)48(44,45)39-34(43)36-20-25(36)12-8-7-11-23(3)17-24(4)18-31(41)40-22-26(19-29(40)32(42)38-36)47-33-28-14-10-9-13-27(28)30(21-37-33)46-6-2/h8-10,12-14,21,23-26,29H,5-7,11,15-20,22H2,1-4H3,(H,38,42)(H,39,43)/b12-8-/t23-,24-,25-,26-,29+,36-/m1/s1. The Morgan fingerprint density at radius 2 is 1.85 bits per heavy atom. The molecule has 6 atom stereocenters. The van der Waals surface area contributed by atoms with Gasteiger partial charge in [-0.2, -0.15) is 0 Å². The molecule has 0 bridgehead atoms. The highest BCUT2D eigenvalue weighted by Crippen LogP contribution is 2.49. The number of nitrogens with zero attached hydrogens (tertiary/aromatic N) is 2. The third-order valence-corrected chi connectivity index (χ3v) is 13.0. The van der Waals surface area contributed by atoms with Crippen molar-refractivity contribution < 1.29 is 32.3 Å². The van der Waals surface area contributed by atoms with Crippen LogP contribution in [0.15, 0.2) is 42.6 Å². The van der Waals surface area contributed by atoms with Crippen molar-refractivity contribution in [2.75, 3.05) is 13.2 Å². The van der Waals surface area contributed by atoms with Gasteiger partial charge in [0.15, 0.2) is 0 Å². The number of benzene rings is 1. The van der Waals surface area contributed by atoms with Crippen LogP contribution >= 0.6 is 0 Å². The SMILES string of the molecule is CCOc1cnc(O[C@@H]2C[C@H]3C(=O)N[C@]4(C(=O)NS(=O)(=O)C5(CC)CC5)C[C@H]4/C=C\CC[C@@H](C)C[C@@H](C)CC(=O)N3C2)c2ccccc12. The van der Waals surface area contributed by atoms with Crippen molar-refractivity contribution >= 4 is 38.5 Å². The topological polar surface area (TPSA) is 144 Å². The number of pyridine rings is 1. The molecule has 6 rings (SSSR count). The Hall–Kier alpha value is -3.67. The highest BCUT2D eigenvalue weighted by molar-refractivity contribution is 7.91. The molecule has 0 spiro atoms. The van der Waals surface area contributed by atoms with E-state index in [2.05, 4.69) is 28.9 Å². The maximum absolute atomic E-state index is 14.2. The normalized spacial score (nSPS) is 31.0. The van der Waals surface area contributed by atoms with E-state index >= 15 is 0 Å². The van der Waals surface area contributed by atoms with Crippen LogP contribution in [0.3, 0.4) is 0 Å².